The normalized spacial score (nSPS) is 10.8. The van der Waals surface area contributed by atoms with Gasteiger partial charge in [0.2, 0.25) is 0 Å². The Bertz CT molecular complexity index is 573. The van der Waals surface area contributed by atoms with Gasteiger partial charge in [0.25, 0.3) is 0 Å². The van der Waals surface area contributed by atoms with Gasteiger partial charge in [-0.25, -0.2) is 0 Å². The molecular weight excluding hydrogens is 222 g/mol. The lowest BCUT2D eigenvalue weighted by Crippen LogP contribution is -1.89. The van der Waals surface area contributed by atoms with Crippen LogP contribution in [0.3, 0.4) is 0 Å². The summed E-state index contributed by atoms with van der Waals surface area (Å²) in [6.07, 6.45) is 4.09. The number of hydrogen-bond donors (Lipinski definition) is 1. The summed E-state index contributed by atoms with van der Waals surface area (Å²) in [7, 11) is 1.67. The maximum atomic E-state index is 5.88. The van der Waals surface area contributed by atoms with E-state index in [-0.39, 0.29) is 0 Å². The highest BCUT2D eigenvalue weighted by Crippen LogP contribution is 2.17. The van der Waals surface area contributed by atoms with Gasteiger partial charge in [-0.3, -0.25) is 0 Å². The van der Waals surface area contributed by atoms with Gasteiger partial charge in [-0.1, -0.05) is 36.4 Å². The van der Waals surface area contributed by atoms with E-state index in [1.54, 1.807) is 7.11 Å². The van der Waals surface area contributed by atoms with Crippen LogP contribution in [0.15, 0.2) is 42.5 Å². The molecule has 2 aromatic rings. The molecule has 0 spiro atoms. The zero-order chi connectivity index (χ0) is 13.0. The SMILES string of the molecule is COc1cccc(/C=C/c2ccc(C)c(N)c2)c1. The third-order valence-corrected chi connectivity index (χ3v) is 2.87. The first-order valence-electron chi connectivity index (χ1n) is 5.87. The molecule has 0 unspecified atom stereocenters. The quantitative estimate of drug-likeness (QED) is 0.654. The largest absolute Gasteiger partial charge is 0.497 e. The average molecular weight is 239 g/mol. The smallest absolute Gasteiger partial charge is 0.119 e. The monoisotopic (exact) mass is 239 g/mol. The summed E-state index contributed by atoms with van der Waals surface area (Å²) >= 11 is 0. The molecule has 92 valence electrons. The van der Waals surface area contributed by atoms with E-state index in [4.69, 9.17) is 10.5 Å². The molecule has 0 aliphatic rings. The Hall–Kier alpha value is -2.22. The zero-order valence-electron chi connectivity index (χ0n) is 10.7. The van der Waals surface area contributed by atoms with Gasteiger partial charge >= 0.3 is 0 Å². The summed E-state index contributed by atoms with van der Waals surface area (Å²) in [4.78, 5) is 0. The molecule has 0 aliphatic heterocycles. The molecule has 18 heavy (non-hydrogen) atoms. The van der Waals surface area contributed by atoms with E-state index < -0.39 is 0 Å². The molecule has 0 heterocycles. The summed E-state index contributed by atoms with van der Waals surface area (Å²) in [5.41, 5.74) is 10.0. The Labute approximate surface area is 108 Å². The fourth-order valence-corrected chi connectivity index (χ4v) is 1.70. The molecule has 2 N–H and O–H groups in total. The van der Waals surface area contributed by atoms with E-state index in [9.17, 15) is 0 Å². The predicted molar refractivity (Wildman–Crippen MR) is 77.5 cm³/mol. The number of benzene rings is 2. The van der Waals surface area contributed by atoms with Gasteiger partial charge in [0.1, 0.15) is 5.75 Å². The van der Waals surface area contributed by atoms with Crippen LogP contribution in [-0.2, 0) is 0 Å². The first kappa shape index (κ1) is 12.2. The lowest BCUT2D eigenvalue weighted by molar-refractivity contribution is 0.414. The molecule has 0 aliphatic carbocycles. The number of hydrogen-bond acceptors (Lipinski definition) is 2. The van der Waals surface area contributed by atoms with Crippen LogP contribution in [-0.4, -0.2) is 7.11 Å². The highest BCUT2D eigenvalue weighted by atomic mass is 16.5. The van der Waals surface area contributed by atoms with Crippen molar-refractivity contribution in [1.29, 1.82) is 0 Å². The van der Waals surface area contributed by atoms with Gasteiger partial charge in [0.15, 0.2) is 0 Å². The van der Waals surface area contributed by atoms with Crippen LogP contribution in [0.25, 0.3) is 12.2 Å². The Balaban J connectivity index is 2.21. The van der Waals surface area contributed by atoms with Crippen LogP contribution in [0.1, 0.15) is 16.7 Å². The van der Waals surface area contributed by atoms with Crippen molar-refractivity contribution in [2.45, 2.75) is 6.92 Å². The average Bonchev–Trinajstić information content (AvgIpc) is 2.40. The zero-order valence-corrected chi connectivity index (χ0v) is 10.7. The maximum absolute atomic E-state index is 5.88. The van der Waals surface area contributed by atoms with E-state index in [0.717, 1.165) is 28.1 Å². The fourth-order valence-electron chi connectivity index (χ4n) is 1.70. The molecule has 0 aromatic heterocycles. The molecule has 0 saturated carbocycles. The van der Waals surface area contributed by atoms with Crippen molar-refractivity contribution in [2.24, 2.45) is 0 Å². The van der Waals surface area contributed by atoms with Crippen molar-refractivity contribution < 1.29 is 4.74 Å². The number of methoxy groups -OCH3 is 1. The van der Waals surface area contributed by atoms with Crippen molar-refractivity contribution in [3.8, 4) is 5.75 Å². The van der Waals surface area contributed by atoms with Gasteiger partial charge in [0.05, 0.1) is 7.11 Å². The molecule has 0 radical (unpaired) electrons. The molecule has 0 amide bonds. The first-order valence-corrected chi connectivity index (χ1v) is 5.87. The second kappa shape index (κ2) is 5.41. The fraction of sp³-hybridized carbons (Fsp3) is 0.125. The second-order valence-corrected chi connectivity index (χ2v) is 4.23. The third-order valence-electron chi connectivity index (χ3n) is 2.87. The molecular formula is C16H17NO. The summed E-state index contributed by atoms with van der Waals surface area (Å²) < 4.78 is 5.19. The summed E-state index contributed by atoms with van der Waals surface area (Å²) in [5.74, 6) is 0.862. The summed E-state index contributed by atoms with van der Waals surface area (Å²) in [5, 5.41) is 0. The minimum Gasteiger partial charge on any atom is -0.497 e. The molecule has 0 fully saturated rings. The van der Waals surface area contributed by atoms with Crippen molar-refractivity contribution in [1.82, 2.24) is 0 Å². The summed E-state index contributed by atoms with van der Waals surface area (Å²) in [6.45, 7) is 2.00. The first-order chi connectivity index (χ1) is 8.69. The topological polar surface area (TPSA) is 35.2 Å². The van der Waals surface area contributed by atoms with Crippen LogP contribution in [0.2, 0.25) is 0 Å². The van der Waals surface area contributed by atoms with E-state index in [2.05, 4.69) is 6.07 Å². The minimum absolute atomic E-state index is 0.822. The lowest BCUT2D eigenvalue weighted by atomic mass is 10.1. The van der Waals surface area contributed by atoms with Gasteiger partial charge < -0.3 is 10.5 Å². The Morgan fingerprint density at radius 3 is 2.39 bits per heavy atom. The Kier molecular flexibility index (Phi) is 3.68. The highest BCUT2D eigenvalue weighted by Gasteiger charge is 1.95. The predicted octanol–water partition coefficient (Wildman–Crippen LogP) is 3.76. The molecule has 0 atom stereocenters. The number of anilines is 1. The third kappa shape index (κ3) is 2.92. The van der Waals surface area contributed by atoms with Crippen LogP contribution in [0, 0.1) is 6.92 Å². The Morgan fingerprint density at radius 1 is 1.00 bits per heavy atom. The van der Waals surface area contributed by atoms with Crippen molar-refractivity contribution >= 4 is 17.8 Å². The molecule has 0 bridgehead atoms. The molecule has 2 heteroatoms. The van der Waals surface area contributed by atoms with Crippen molar-refractivity contribution in [3.63, 3.8) is 0 Å². The number of aryl methyl sites for hydroxylation is 1. The number of nitrogens with two attached hydrogens (primary N) is 1. The molecule has 2 aromatic carbocycles. The molecule has 0 saturated heterocycles. The van der Waals surface area contributed by atoms with E-state index in [1.165, 1.54) is 0 Å². The number of nitrogen functional groups attached to an aromatic ring is 1. The van der Waals surface area contributed by atoms with Crippen LogP contribution >= 0.6 is 0 Å². The molecule has 2 rings (SSSR count). The van der Waals surface area contributed by atoms with E-state index in [0.29, 0.717) is 0 Å². The van der Waals surface area contributed by atoms with E-state index in [1.807, 2.05) is 55.5 Å². The molecule has 2 nitrogen and oxygen atoms in total. The van der Waals surface area contributed by atoms with Crippen molar-refractivity contribution in [3.05, 3.63) is 59.2 Å². The summed E-state index contributed by atoms with van der Waals surface area (Å²) in [6, 6.07) is 14.0. The van der Waals surface area contributed by atoms with Gasteiger partial charge in [-0.05, 0) is 41.8 Å². The maximum Gasteiger partial charge on any atom is 0.119 e. The van der Waals surface area contributed by atoms with E-state index >= 15 is 0 Å². The number of rotatable bonds is 3. The van der Waals surface area contributed by atoms with Crippen molar-refractivity contribution in [2.75, 3.05) is 12.8 Å². The highest BCUT2D eigenvalue weighted by molar-refractivity contribution is 5.72. The minimum atomic E-state index is 0.822. The second-order valence-electron chi connectivity index (χ2n) is 4.23. The van der Waals surface area contributed by atoms with Crippen LogP contribution < -0.4 is 10.5 Å². The Morgan fingerprint density at radius 2 is 1.72 bits per heavy atom. The van der Waals surface area contributed by atoms with Gasteiger partial charge in [-0.2, -0.15) is 0 Å². The number of ether oxygens (including phenoxy) is 1. The van der Waals surface area contributed by atoms with Gasteiger partial charge in [0, 0.05) is 5.69 Å². The van der Waals surface area contributed by atoms with Crippen LogP contribution in [0.4, 0.5) is 5.69 Å². The standard InChI is InChI=1S/C16H17NO/c1-12-6-7-14(11-16(12)17)9-8-13-4-3-5-15(10-13)18-2/h3-11H,17H2,1-2H3/b9-8+. The van der Waals surface area contributed by atoms with Gasteiger partial charge in [-0.15, -0.1) is 0 Å². The van der Waals surface area contributed by atoms with Crippen LogP contribution in [0.5, 0.6) is 5.75 Å². The lowest BCUT2D eigenvalue weighted by Gasteiger charge is -2.02.